The summed E-state index contributed by atoms with van der Waals surface area (Å²) in [6.07, 6.45) is -2.14. The van der Waals surface area contributed by atoms with Crippen LogP contribution in [0.3, 0.4) is 0 Å². The number of carbonyl (C=O) groups excluding carboxylic acids is 1. The molecule has 3 aromatic rings. The number of benzene rings is 2. The molecule has 0 radical (unpaired) electrons. The van der Waals surface area contributed by atoms with Crippen LogP contribution < -0.4 is 0 Å². The van der Waals surface area contributed by atoms with Crippen molar-refractivity contribution in [3.8, 4) is 5.75 Å². The standard InChI is InChI=1S/C24H24F3NO3/c1-2-3-12-31-23(30)17-6-4-16(5-7-17)21(10-11-24(25,26)27)19-13-18-8-9-20(29)14-22(18)28-15-19/h4-9,13-15,21,29H,2-3,10-12H2,1H3/t21-/m1/s1. The number of esters is 1. The van der Waals surface area contributed by atoms with Crippen LogP contribution in [0.1, 0.15) is 60.0 Å². The molecule has 31 heavy (non-hydrogen) atoms. The molecule has 0 bridgehead atoms. The average molecular weight is 431 g/mol. The second kappa shape index (κ2) is 9.81. The van der Waals surface area contributed by atoms with E-state index in [9.17, 15) is 23.1 Å². The highest BCUT2D eigenvalue weighted by atomic mass is 19.4. The zero-order valence-corrected chi connectivity index (χ0v) is 17.2. The maximum Gasteiger partial charge on any atom is 0.389 e. The van der Waals surface area contributed by atoms with Crippen LogP contribution >= 0.6 is 0 Å². The Morgan fingerprint density at radius 2 is 1.84 bits per heavy atom. The van der Waals surface area contributed by atoms with Gasteiger partial charge in [-0.15, -0.1) is 0 Å². The Balaban J connectivity index is 1.88. The Morgan fingerprint density at radius 3 is 2.52 bits per heavy atom. The van der Waals surface area contributed by atoms with Gasteiger partial charge in [0.15, 0.2) is 0 Å². The molecule has 7 heteroatoms. The molecule has 0 aliphatic carbocycles. The van der Waals surface area contributed by atoms with Gasteiger partial charge in [-0.1, -0.05) is 25.5 Å². The first kappa shape index (κ1) is 22.6. The van der Waals surface area contributed by atoms with Gasteiger partial charge in [-0.3, -0.25) is 4.98 Å². The zero-order valence-electron chi connectivity index (χ0n) is 17.2. The highest BCUT2D eigenvalue weighted by molar-refractivity contribution is 5.89. The van der Waals surface area contributed by atoms with Gasteiger partial charge in [0.2, 0.25) is 0 Å². The summed E-state index contributed by atoms with van der Waals surface area (Å²) < 4.78 is 44.1. The molecule has 2 aromatic carbocycles. The number of ether oxygens (including phenoxy) is 1. The minimum atomic E-state index is -4.28. The largest absolute Gasteiger partial charge is 0.508 e. The molecule has 164 valence electrons. The Morgan fingerprint density at radius 1 is 1.10 bits per heavy atom. The van der Waals surface area contributed by atoms with Gasteiger partial charge >= 0.3 is 12.1 Å². The molecule has 0 unspecified atom stereocenters. The van der Waals surface area contributed by atoms with Crippen LogP contribution in [0.4, 0.5) is 13.2 Å². The number of phenols is 1. The van der Waals surface area contributed by atoms with E-state index >= 15 is 0 Å². The van der Waals surface area contributed by atoms with E-state index in [1.54, 1.807) is 36.4 Å². The number of unbranched alkanes of at least 4 members (excludes halogenated alkanes) is 1. The van der Waals surface area contributed by atoms with Crippen molar-refractivity contribution in [2.24, 2.45) is 0 Å². The number of hydrogen-bond acceptors (Lipinski definition) is 4. The lowest BCUT2D eigenvalue weighted by molar-refractivity contribution is -0.135. The van der Waals surface area contributed by atoms with E-state index in [0.717, 1.165) is 18.2 Å². The maximum absolute atomic E-state index is 13.0. The van der Waals surface area contributed by atoms with Crippen molar-refractivity contribution >= 4 is 16.9 Å². The second-order valence-corrected chi connectivity index (χ2v) is 7.46. The number of fused-ring (bicyclic) bond motifs is 1. The minimum absolute atomic E-state index is 0.0720. The fourth-order valence-corrected chi connectivity index (χ4v) is 3.40. The summed E-state index contributed by atoms with van der Waals surface area (Å²) in [5.41, 5.74) is 2.22. The number of pyridine rings is 1. The number of alkyl halides is 3. The number of halogens is 3. The molecule has 0 fully saturated rings. The lowest BCUT2D eigenvalue weighted by Crippen LogP contribution is -2.12. The summed E-state index contributed by atoms with van der Waals surface area (Å²) in [5.74, 6) is -0.917. The first-order valence-corrected chi connectivity index (χ1v) is 10.2. The summed E-state index contributed by atoms with van der Waals surface area (Å²) >= 11 is 0. The number of rotatable bonds is 8. The van der Waals surface area contributed by atoms with E-state index < -0.39 is 24.5 Å². The third-order valence-corrected chi connectivity index (χ3v) is 5.09. The van der Waals surface area contributed by atoms with Crippen molar-refractivity contribution in [3.05, 3.63) is 71.4 Å². The number of aromatic nitrogens is 1. The molecule has 0 aliphatic heterocycles. The topological polar surface area (TPSA) is 59.4 Å². The van der Waals surface area contributed by atoms with Gasteiger partial charge < -0.3 is 9.84 Å². The van der Waals surface area contributed by atoms with Crippen LogP contribution in [0.5, 0.6) is 5.75 Å². The highest BCUT2D eigenvalue weighted by Gasteiger charge is 2.29. The fourth-order valence-electron chi connectivity index (χ4n) is 3.40. The van der Waals surface area contributed by atoms with E-state index in [4.69, 9.17) is 4.74 Å². The van der Waals surface area contributed by atoms with E-state index in [1.807, 2.05) is 6.92 Å². The van der Waals surface area contributed by atoms with Gasteiger partial charge in [0.25, 0.3) is 0 Å². The fraction of sp³-hybridized carbons (Fsp3) is 0.333. The van der Waals surface area contributed by atoms with Crippen LogP contribution in [-0.2, 0) is 4.74 Å². The first-order valence-electron chi connectivity index (χ1n) is 10.2. The quantitative estimate of drug-likeness (QED) is 0.332. The maximum atomic E-state index is 13.0. The molecule has 0 spiro atoms. The monoisotopic (exact) mass is 431 g/mol. The van der Waals surface area contributed by atoms with Crippen molar-refractivity contribution < 1.29 is 27.8 Å². The third-order valence-electron chi connectivity index (χ3n) is 5.09. The summed E-state index contributed by atoms with van der Waals surface area (Å²) in [6, 6.07) is 13.0. The lowest BCUT2D eigenvalue weighted by Gasteiger charge is -2.19. The van der Waals surface area contributed by atoms with Crippen LogP contribution in [0, 0.1) is 0 Å². The van der Waals surface area contributed by atoms with Crippen LogP contribution in [0.25, 0.3) is 10.9 Å². The number of carbonyl (C=O) groups is 1. The Kier molecular flexibility index (Phi) is 7.15. The molecule has 0 aliphatic rings. The van der Waals surface area contributed by atoms with Gasteiger partial charge in [0.05, 0.1) is 17.7 Å². The molecule has 1 heterocycles. The molecule has 1 N–H and O–H groups in total. The lowest BCUT2D eigenvalue weighted by atomic mass is 9.87. The van der Waals surface area contributed by atoms with Crippen LogP contribution in [0.15, 0.2) is 54.7 Å². The van der Waals surface area contributed by atoms with Crippen molar-refractivity contribution in [1.82, 2.24) is 4.98 Å². The predicted octanol–water partition coefficient (Wildman–Crippen LogP) is 6.37. The van der Waals surface area contributed by atoms with Crippen LogP contribution in [-0.4, -0.2) is 28.8 Å². The molecular weight excluding hydrogens is 407 g/mol. The Hall–Kier alpha value is -3.09. The zero-order chi connectivity index (χ0) is 22.4. The van der Waals surface area contributed by atoms with Gasteiger partial charge in [0, 0.05) is 30.0 Å². The number of nitrogens with zero attached hydrogens (tertiary/aromatic N) is 1. The smallest absolute Gasteiger partial charge is 0.389 e. The number of phenolic OH excluding ortho intramolecular Hbond substituents is 1. The summed E-state index contributed by atoms with van der Waals surface area (Å²) in [4.78, 5) is 16.4. The molecule has 1 atom stereocenters. The Bertz CT molecular complexity index is 1030. The van der Waals surface area contributed by atoms with Gasteiger partial charge in [-0.25, -0.2) is 4.79 Å². The van der Waals surface area contributed by atoms with Crippen molar-refractivity contribution in [2.75, 3.05) is 6.61 Å². The molecule has 0 amide bonds. The summed E-state index contributed by atoms with van der Waals surface area (Å²) in [5, 5.41) is 10.3. The number of aromatic hydroxyl groups is 1. The summed E-state index contributed by atoms with van der Waals surface area (Å²) in [7, 11) is 0. The molecule has 0 saturated carbocycles. The van der Waals surface area contributed by atoms with Crippen molar-refractivity contribution in [3.63, 3.8) is 0 Å². The third kappa shape index (κ3) is 6.20. The second-order valence-electron chi connectivity index (χ2n) is 7.46. The normalized spacial score (nSPS) is 12.6. The SMILES string of the molecule is CCCCOC(=O)c1ccc([C@@H](CCC(F)(F)F)c2cnc3cc(O)ccc3c2)cc1. The number of hydrogen-bond donors (Lipinski definition) is 1. The van der Waals surface area contributed by atoms with Crippen molar-refractivity contribution in [2.45, 2.75) is 44.7 Å². The minimum Gasteiger partial charge on any atom is -0.508 e. The van der Waals surface area contributed by atoms with E-state index in [2.05, 4.69) is 4.98 Å². The van der Waals surface area contributed by atoms with Crippen molar-refractivity contribution in [1.29, 1.82) is 0 Å². The first-order chi connectivity index (χ1) is 14.8. The van der Waals surface area contributed by atoms with Crippen LogP contribution in [0.2, 0.25) is 0 Å². The highest BCUT2D eigenvalue weighted by Crippen LogP contribution is 2.35. The Labute approximate surface area is 178 Å². The average Bonchev–Trinajstić information content (AvgIpc) is 2.73. The van der Waals surface area contributed by atoms with E-state index in [-0.39, 0.29) is 12.2 Å². The van der Waals surface area contributed by atoms with Gasteiger partial charge in [0.1, 0.15) is 5.75 Å². The molecular formula is C24H24F3NO3. The molecule has 1 aromatic heterocycles. The molecule has 4 nitrogen and oxygen atoms in total. The predicted molar refractivity (Wildman–Crippen MR) is 112 cm³/mol. The molecule has 3 rings (SSSR count). The van der Waals surface area contributed by atoms with E-state index in [0.29, 0.717) is 28.8 Å². The van der Waals surface area contributed by atoms with Gasteiger partial charge in [-0.05, 0) is 54.3 Å². The van der Waals surface area contributed by atoms with Gasteiger partial charge in [-0.2, -0.15) is 13.2 Å². The summed E-state index contributed by atoms with van der Waals surface area (Å²) in [6.45, 7) is 2.33. The molecule has 0 saturated heterocycles. The van der Waals surface area contributed by atoms with E-state index in [1.165, 1.54) is 18.3 Å².